The van der Waals surface area contributed by atoms with Gasteiger partial charge in [0, 0.05) is 26.3 Å². The van der Waals surface area contributed by atoms with Gasteiger partial charge in [-0.05, 0) is 31.3 Å². The van der Waals surface area contributed by atoms with Crippen molar-refractivity contribution in [3.8, 4) is 0 Å². The van der Waals surface area contributed by atoms with Crippen molar-refractivity contribution in [3.05, 3.63) is 17.4 Å². The predicted octanol–water partition coefficient (Wildman–Crippen LogP) is 2.39. The number of hydrogen-bond acceptors (Lipinski definition) is 6. The fraction of sp³-hybridized carbons (Fsp3) is 0.571. The molecule has 1 saturated heterocycles. The zero-order chi connectivity index (χ0) is 13.9. The molecular formula is C14H21N5S. The van der Waals surface area contributed by atoms with E-state index in [1.807, 2.05) is 19.0 Å². The number of nitrogens with zero attached hydrogens (tertiary/aromatic N) is 4. The first-order chi connectivity index (χ1) is 9.74. The van der Waals surface area contributed by atoms with Crippen LogP contribution in [0.4, 0.5) is 11.5 Å². The van der Waals surface area contributed by atoms with Gasteiger partial charge in [-0.15, -0.1) is 0 Å². The highest BCUT2D eigenvalue weighted by Crippen LogP contribution is 2.37. The summed E-state index contributed by atoms with van der Waals surface area (Å²) in [7, 11) is 4.02. The van der Waals surface area contributed by atoms with Gasteiger partial charge in [0.05, 0.1) is 0 Å². The second-order valence-electron chi connectivity index (χ2n) is 5.49. The molecule has 0 unspecified atom stereocenters. The molecule has 1 fully saturated rings. The Bertz CT molecular complexity index is 508. The van der Waals surface area contributed by atoms with E-state index < -0.39 is 0 Å². The minimum absolute atomic E-state index is 0.951. The van der Waals surface area contributed by atoms with Crippen LogP contribution in [0.2, 0.25) is 0 Å². The summed E-state index contributed by atoms with van der Waals surface area (Å²) in [5.41, 5.74) is 2.29. The quantitative estimate of drug-likeness (QED) is 0.863. The maximum absolute atomic E-state index is 4.37. The van der Waals surface area contributed by atoms with Crippen molar-refractivity contribution < 1.29 is 0 Å². The van der Waals surface area contributed by atoms with Gasteiger partial charge in [0.1, 0.15) is 17.0 Å². The number of piperidine rings is 1. The van der Waals surface area contributed by atoms with E-state index in [2.05, 4.69) is 25.6 Å². The lowest BCUT2D eigenvalue weighted by atomic mass is 10.1. The Kier molecular flexibility index (Phi) is 4.12. The van der Waals surface area contributed by atoms with Crippen LogP contribution in [0.3, 0.4) is 0 Å². The van der Waals surface area contributed by atoms with Crippen LogP contribution in [-0.2, 0) is 0 Å². The van der Waals surface area contributed by atoms with Gasteiger partial charge in [0.25, 0.3) is 0 Å². The van der Waals surface area contributed by atoms with Crippen molar-refractivity contribution in [1.82, 2.24) is 14.9 Å². The summed E-state index contributed by atoms with van der Waals surface area (Å²) in [4.78, 5) is 13.3. The van der Waals surface area contributed by atoms with Crippen LogP contribution in [-0.4, -0.2) is 48.6 Å². The van der Waals surface area contributed by atoms with Crippen molar-refractivity contribution >= 4 is 23.3 Å². The van der Waals surface area contributed by atoms with E-state index >= 15 is 0 Å². The molecule has 0 radical (unpaired) electrons. The topological polar surface area (TPSA) is 44.3 Å². The van der Waals surface area contributed by atoms with Crippen LogP contribution >= 0.6 is 11.8 Å². The number of hydrogen-bond donors (Lipinski definition) is 1. The zero-order valence-electron chi connectivity index (χ0n) is 12.1. The third-order valence-corrected chi connectivity index (χ3v) is 4.59. The van der Waals surface area contributed by atoms with Crippen LogP contribution in [0, 0.1) is 0 Å². The van der Waals surface area contributed by atoms with Gasteiger partial charge in [-0.3, -0.25) is 4.90 Å². The largest absolute Gasteiger partial charge is 0.361 e. The maximum atomic E-state index is 4.37. The molecule has 0 bridgehead atoms. The van der Waals surface area contributed by atoms with E-state index in [4.69, 9.17) is 0 Å². The van der Waals surface area contributed by atoms with Crippen LogP contribution in [0.1, 0.15) is 19.3 Å². The molecule has 0 saturated carbocycles. The Morgan fingerprint density at radius 2 is 2.05 bits per heavy atom. The molecule has 0 amide bonds. The number of likely N-dealkylation sites (tertiary alicyclic amines) is 1. The van der Waals surface area contributed by atoms with E-state index in [1.165, 1.54) is 38.0 Å². The SMILES string of the molecule is CN(C)c1ncnc2c1NC(CN1CCCCC1)=CS2. The molecule has 108 valence electrons. The Morgan fingerprint density at radius 3 is 2.80 bits per heavy atom. The molecule has 0 spiro atoms. The molecule has 1 N–H and O–H groups in total. The predicted molar refractivity (Wildman–Crippen MR) is 84.2 cm³/mol. The third kappa shape index (κ3) is 2.91. The molecule has 2 aliphatic heterocycles. The maximum Gasteiger partial charge on any atom is 0.156 e. The van der Waals surface area contributed by atoms with Gasteiger partial charge >= 0.3 is 0 Å². The first-order valence-electron chi connectivity index (χ1n) is 7.11. The molecule has 6 heteroatoms. The van der Waals surface area contributed by atoms with Crippen molar-refractivity contribution in [2.75, 3.05) is 43.9 Å². The first-order valence-corrected chi connectivity index (χ1v) is 7.99. The number of aromatic nitrogens is 2. The number of thioether (sulfide) groups is 1. The third-order valence-electron chi connectivity index (χ3n) is 3.66. The van der Waals surface area contributed by atoms with Crippen LogP contribution in [0.25, 0.3) is 0 Å². The van der Waals surface area contributed by atoms with Crippen molar-refractivity contribution in [2.45, 2.75) is 24.3 Å². The summed E-state index contributed by atoms with van der Waals surface area (Å²) in [5, 5.41) is 6.72. The molecule has 0 aromatic carbocycles. The van der Waals surface area contributed by atoms with Crippen LogP contribution < -0.4 is 10.2 Å². The minimum atomic E-state index is 0.951. The van der Waals surface area contributed by atoms with Gasteiger partial charge in [0.15, 0.2) is 5.82 Å². The fourth-order valence-electron chi connectivity index (χ4n) is 2.65. The first kappa shape index (κ1) is 13.7. The van der Waals surface area contributed by atoms with E-state index in [-0.39, 0.29) is 0 Å². The number of nitrogens with one attached hydrogen (secondary N) is 1. The van der Waals surface area contributed by atoms with Crippen molar-refractivity contribution in [3.63, 3.8) is 0 Å². The number of fused-ring (bicyclic) bond motifs is 1. The van der Waals surface area contributed by atoms with Crippen molar-refractivity contribution in [2.24, 2.45) is 0 Å². The van der Waals surface area contributed by atoms with Gasteiger partial charge in [-0.2, -0.15) is 0 Å². The lowest BCUT2D eigenvalue weighted by Gasteiger charge is -2.29. The summed E-state index contributed by atoms with van der Waals surface area (Å²) >= 11 is 1.69. The monoisotopic (exact) mass is 291 g/mol. The smallest absolute Gasteiger partial charge is 0.156 e. The lowest BCUT2D eigenvalue weighted by molar-refractivity contribution is 0.247. The van der Waals surface area contributed by atoms with E-state index in [0.717, 1.165) is 23.1 Å². The molecule has 1 aromatic rings. The summed E-state index contributed by atoms with van der Waals surface area (Å²) in [6, 6.07) is 0. The Balaban J connectivity index is 1.74. The minimum Gasteiger partial charge on any atom is -0.361 e. The second-order valence-corrected chi connectivity index (χ2v) is 6.35. The van der Waals surface area contributed by atoms with Crippen LogP contribution in [0.5, 0.6) is 0 Å². The van der Waals surface area contributed by atoms with E-state index in [1.54, 1.807) is 18.1 Å². The Morgan fingerprint density at radius 1 is 1.25 bits per heavy atom. The normalized spacial score (nSPS) is 19.0. The van der Waals surface area contributed by atoms with Crippen molar-refractivity contribution in [1.29, 1.82) is 0 Å². The molecular weight excluding hydrogens is 270 g/mol. The summed E-state index contributed by atoms with van der Waals surface area (Å²) in [6.07, 6.45) is 5.65. The van der Waals surface area contributed by atoms with Gasteiger partial charge in [0.2, 0.25) is 0 Å². The van der Waals surface area contributed by atoms with Gasteiger partial charge in [-0.25, -0.2) is 9.97 Å². The molecule has 0 aliphatic carbocycles. The molecule has 0 atom stereocenters. The average Bonchev–Trinajstić information content (AvgIpc) is 2.47. The second kappa shape index (κ2) is 6.01. The highest BCUT2D eigenvalue weighted by molar-refractivity contribution is 8.02. The molecule has 3 rings (SSSR count). The molecule has 3 heterocycles. The lowest BCUT2D eigenvalue weighted by Crippen LogP contribution is -2.33. The zero-order valence-corrected chi connectivity index (χ0v) is 12.9. The Labute approximate surface area is 124 Å². The standard InChI is InChI=1S/C14H21N5S/c1-18(2)13-12-14(16-10-15-13)20-9-11(17-12)8-19-6-4-3-5-7-19/h9-10,17H,3-8H2,1-2H3. The summed E-state index contributed by atoms with van der Waals surface area (Å²) in [6.45, 7) is 3.42. The number of anilines is 2. The molecule has 20 heavy (non-hydrogen) atoms. The average molecular weight is 291 g/mol. The molecule has 1 aromatic heterocycles. The van der Waals surface area contributed by atoms with Gasteiger partial charge < -0.3 is 10.2 Å². The Hall–Kier alpha value is -1.27. The summed E-state index contributed by atoms with van der Waals surface area (Å²) < 4.78 is 0. The summed E-state index contributed by atoms with van der Waals surface area (Å²) in [5.74, 6) is 0.951. The fourth-order valence-corrected chi connectivity index (χ4v) is 3.41. The van der Waals surface area contributed by atoms with E-state index in [9.17, 15) is 0 Å². The van der Waals surface area contributed by atoms with E-state index in [0.29, 0.717) is 0 Å². The number of rotatable bonds is 3. The molecule has 5 nitrogen and oxygen atoms in total. The highest BCUT2D eigenvalue weighted by Gasteiger charge is 2.20. The van der Waals surface area contributed by atoms with Gasteiger partial charge in [-0.1, -0.05) is 18.2 Å². The highest BCUT2D eigenvalue weighted by atomic mass is 32.2. The van der Waals surface area contributed by atoms with Crippen LogP contribution in [0.15, 0.2) is 22.5 Å². The molecule has 2 aliphatic rings.